The molecule has 0 unspecified atom stereocenters. The molecule has 0 aliphatic carbocycles. The second-order valence-corrected chi connectivity index (χ2v) is 14.2. The van der Waals surface area contributed by atoms with Crippen LogP contribution in [0.25, 0.3) is 11.0 Å². The fourth-order valence-corrected chi connectivity index (χ4v) is 6.28. The summed E-state index contributed by atoms with van der Waals surface area (Å²) in [5.74, 6) is -0.415. The summed E-state index contributed by atoms with van der Waals surface area (Å²) in [5, 5.41) is 8.68. The minimum absolute atomic E-state index is 0.0670. The predicted molar refractivity (Wildman–Crippen MR) is 180 cm³/mol. The van der Waals surface area contributed by atoms with Gasteiger partial charge in [0.25, 0.3) is 0 Å². The normalized spacial score (nSPS) is 16.2. The lowest BCUT2D eigenvalue weighted by atomic mass is 9.69. The van der Waals surface area contributed by atoms with Crippen LogP contribution in [0.5, 0.6) is 5.75 Å². The van der Waals surface area contributed by atoms with Gasteiger partial charge >= 0.3 is 11.9 Å². The first-order chi connectivity index (χ1) is 22.2. The number of benzene rings is 2. The molecule has 1 aliphatic rings. The summed E-state index contributed by atoms with van der Waals surface area (Å²) in [6, 6.07) is 12.4. The van der Waals surface area contributed by atoms with Gasteiger partial charge in [-0.3, -0.25) is 19.5 Å². The molecular weight excluding hydrogens is 594 g/mol. The number of hydrogen-bond acceptors (Lipinski definition) is 9. The topological polar surface area (TPSA) is 109 Å². The van der Waals surface area contributed by atoms with Crippen molar-refractivity contribution >= 4 is 23.0 Å². The average Bonchev–Trinajstić information content (AvgIpc) is 3.30. The van der Waals surface area contributed by atoms with E-state index in [0.29, 0.717) is 6.54 Å². The maximum atomic E-state index is 13.9. The molecule has 47 heavy (non-hydrogen) atoms. The Hall–Kier alpha value is -4.31. The highest BCUT2D eigenvalue weighted by molar-refractivity contribution is 5.82. The Morgan fingerprint density at radius 1 is 1.04 bits per heavy atom. The van der Waals surface area contributed by atoms with Gasteiger partial charge in [0.15, 0.2) is 0 Å². The number of carbonyl (C=O) groups excluding carboxylic acids is 2. The first kappa shape index (κ1) is 34.0. The van der Waals surface area contributed by atoms with E-state index in [0.717, 1.165) is 69.7 Å². The van der Waals surface area contributed by atoms with Gasteiger partial charge < -0.3 is 14.2 Å². The number of aromatic nitrogens is 4. The van der Waals surface area contributed by atoms with Gasteiger partial charge in [0.1, 0.15) is 17.4 Å². The maximum absolute atomic E-state index is 13.9. The summed E-state index contributed by atoms with van der Waals surface area (Å²) in [4.78, 5) is 33.0. The van der Waals surface area contributed by atoms with Crippen LogP contribution in [0.2, 0.25) is 0 Å². The zero-order chi connectivity index (χ0) is 34.1. The van der Waals surface area contributed by atoms with Crippen LogP contribution in [0, 0.1) is 24.7 Å². The summed E-state index contributed by atoms with van der Waals surface area (Å²) in [7, 11) is 1.86. The molecule has 0 radical (unpaired) electrons. The molecular formula is C37H47N5O5. The molecule has 0 N–H and O–H groups in total. The van der Waals surface area contributed by atoms with E-state index >= 15 is 0 Å². The molecule has 1 aliphatic heterocycles. The van der Waals surface area contributed by atoms with Crippen molar-refractivity contribution < 1.29 is 23.8 Å². The van der Waals surface area contributed by atoms with E-state index in [1.807, 2.05) is 46.1 Å². The largest absolute Gasteiger partial charge is 0.489 e. The van der Waals surface area contributed by atoms with Crippen molar-refractivity contribution in [2.45, 2.75) is 86.9 Å². The molecule has 2 aromatic carbocycles. The Morgan fingerprint density at radius 3 is 2.51 bits per heavy atom. The van der Waals surface area contributed by atoms with Gasteiger partial charge in [0, 0.05) is 50.6 Å². The van der Waals surface area contributed by atoms with Crippen LogP contribution in [-0.4, -0.2) is 56.3 Å². The third-order valence-corrected chi connectivity index (χ3v) is 9.19. The highest BCUT2D eigenvalue weighted by Gasteiger charge is 2.42. The molecule has 0 saturated carbocycles. The summed E-state index contributed by atoms with van der Waals surface area (Å²) < 4.78 is 19.0. The molecule has 10 nitrogen and oxygen atoms in total. The van der Waals surface area contributed by atoms with Crippen molar-refractivity contribution in [1.82, 2.24) is 24.9 Å². The van der Waals surface area contributed by atoms with E-state index < -0.39 is 35.5 Å². The number of esters is 2. The van der Waals surface area contributed by atoms with Crippen molar-refractivity contribution in [3.8, 4) is 5.75 Å². The molecule has 2 atom stereocenters. The highest BCUT2D eigenvalue weighted by Crippen LogP contribution is 2.45. The SMILES string of the molecule is CC[C@@H]1CN(Cc2cc([C@@H](c3ccc4c(nnn4C)c3C)C(C)(C)C(=O)OCOC(=O)C(C)(C)C)ccc2C)Cc2cnccc2O1. The number of carbonyl (C=O) groups is 2. The lowest BCUT2D eigenvalue weighted by Gasteiger charge is -2.34. The molecule has 3 heterocycles. The lowest BCUT2D eigenvalue weighted by molar-refractivity contribution is -0.178. The first-order valence-electron chi connectivity index (χ1n) is 16.2. The number of fused-ring (bicyclic) bond motifs is 2. The van der Waals surface area contributed by atoms with Crippen LogP contribution < -0.4 is 4.74 Å². The fourth-order valence-electron chi connectivity index (χ4n) is 6.28. The number of nitrogens with zero attached hydrogens (tertiary/aromatic N) is 5. The number of aryl methyl sites for hydroxylation is 3. The van der Waals surface area contributed by atoms with E-state index in [4.69, 9.17) is 14.2 Å². The van der Waals surface area contributed by atoms with Crippen LogP contribution in [0.4, 0.5) is 0 Å². The maximum Gasteiger partial charge on any atom is 0.315 e. The Morgan fingerprint density at radius 2 is 1.79 bits per heavy atom. The van der Waals surface area contributed by atoms with Gasteiger partial charge in [-0.05, 0) is 94.8 Å². The van der Waals surface area contributed by atoms with E-state index in [-0.39, 0.29) is 6.10 Å². The van der Waals surface area contributed by atoms with E-state index in [1.165, 1.54) is 0 Å². The average molecular weight is 642 g/mol. The van der Waals surface area contributed by atoms with Gasteiger partial charge in [-0.25, -0.2) is 4.68 Å². The van der Waals surface area contributed by atoms with E-state index in [1.54, 1.807) is 31.6 Å². The third-order valence-electron chi connectivity index (χ3n) is 9.19. The molecule has 0 fully saturated rings. The quantitative estimate of drug-likeness (QED) is 0.151. The predicted octanol–water partition coefficient (Wildman–Crippen LogP) is 6.40. The minimum Gasteiger partial charge on any atom is -0.489 e. The summed E-state index contributed by atoms with van der Waals surface area (Å²) in [6.45, 7) is 17.1. The summed E-state index contributed by atoms with van der Waals surface area (Å²) in [6.07, 6.45) is 4.62. The lowest BCUT2D eigenvalue weighted by Crippen LogP contribution is -2.36. The van der Waals surface area contributed by atoms with Gasteiger partial charge in [-0.15, -0.1) is 5.10 Å². The standard InChI is InChI=1S/C37H47N5O5/c1-10-28-21-42(20-27-18-38-16-15-31(27)47-28)19-26-17-25(12-11-23(26)2)32(29-13-14-30-33(24(29)3)39-40-41(30)9)37(7,8)35(44)46-22-45-34(43)36(4,5)6/h11-18,28,32H,10,19-22H2,1-9H3/t28-,32+/m1/s1. The Balaban J connectivity index is 1.52. The Labute approximate surface area is 277 Å². The second-order valence-electron chi connectivity index (χ2n) is 14.2. The van der Waals surface area contributed by atoms with Gasteiger partial charge in [-0.1, -0.05) is 36.4 Å². The molecule has 0 amide bonds. The fraction of sp³-hybridized carbons (Fsp3) is 0.486. The number of rotatable bonds is 9. The molecule has 5 rings (SSSR count). The van der Waals surface area contributed by atoms with E-state index in [2.05, 4.69) is 58.3 Å². The molecule has 0 spiro atoms. The molecule has 0 saturated heterocycles. The van der Waals surface area contributed by atoms with Crippen LogP contribution in [0.3, 0.4) is 0 Å². The van der Waals surface area contributed by atoms with Crippen molar-refractivity contribution in [3.63, 3.8) is 0 Å². The van der Waals surface area contributed by atoms with Crippen LogP contribution in [-0.2, 0) is 39.2 Å². The third kappa shape index (κ3) is 7.17. The number of ether oxygens (including phenoxy) is 3. The van der Waals surface area contributed by atoms with Crippen LogP contribution in [0.1, 0.15) is 87.3 Å². The molecule has 4 aromatic rings. The van der Waals surface area contributed by atoms with Gasteiger partial charge in [0.2, 0.25) is 6.79 Å². The van der Waals surface area contributed by atoms with Gasteiger partial charge in [-0.2, -0.15) is 0 Å². The second kappa shape index (κ2) is 13.4. The van der Waals surface area contributed by atoms with Crippen molar-refractivity contribution in [2.24, 2.45) is 17.9 Å². The van der Waals surface area contributed by atoms with Crippen molar-refractivity contribution in [1.29, 1.82) is 0 Å². The first-order valence-corrected chi connectivity index (χ1v) is 16.2. The molecule has 0 bridgehead atoms. The monoisotopic (exact) mass is 641 g/mol. The van der Waals surface area contributed by atoms with Crippen LogP contribution >= 0.6 is 0 Å². The number of hydrogen-bond donors (Lipinski definition) is 0. The highest BCUT2D eigenvalue weighted by atomic mass is 16.7. The summed E-state index contributed by atoms with van der Waals surface area (Å²) >= 11 is 0. The molecule has 2 aromatic heterocycles. The minimum atomic E-state index is -1.05. The Kier molecular flexibility index (Phi) is 9.73. The van der Waals surface area contributed by atoms with Crippen LogP contribution in [0.15, 0.2) is 48.8 Å². The van der Waals surface area contributed by atoms with Gasteiger partial charge in [0.05, 0.1) is 16.3 Å². The van der Waals surface area contributed by atoms with E-state index in [9.17, 15) is 9.59 Å². The Bertz CT molecular complexity index is 1770. The zero-order valence-corrected chi connectivity index (χ0v) is 29.1. The van der Waals surface area contributed by atoms with Crippen molar-refractivity contribution in [3.05, 3.63) is 82.2 Å². The summed E-state index contributed by atoms with van der Waals surface area (Å²) in [5.41, 5.74) is 6.21. The molecule has 250 valence electrons. The molecule has 10 heteroatoms. The zero-order valence-electron chi connectivity index (χ0n) is 29.1. The van der Waals surface area contributed by atoms with Crippen molar-refractivity contribution in [2.75, 3.05) is 13.3 Å². The number of pyridine rings is 1. The smallest absolute Gasteiger partial charge is 0.315 e.